The quantitative estimate of drug-likeness (QED) is 0.831. The normalized spacial score (nSPS) is 17.2. The number of sulfonamides is 1. The van der Waals surface area contributed by atoms with Gasteiger partial charge in [-0.05, 0) is 18.1 Å². The van der Waals surface area contributed by atoms with Crippen molar-refractivity contribution in [1.29, 1.82) is 0 Å². The molecule has 0 fully saturated rings. The molecule has 0 saturated carbocycles. The Balaban J connectivity index is 1.99. The number of carboxylic acids is 1. The van der Waals surface area contributed by atoms with Crippen molar-refractivity contribution in [2.75, 3.05) is 0 Å². The number of hydrogen-bond donors (Lipinski definition) is 2. The van der Waals surface area contributed by atoms with Crippen molar-refractivity contribution in [3.8, 4) is 0 Å². The van der Waals surface area contributed by atoms with Gasteiger partial charge in [0.1, 0.15) is 16.7 Å². The Hall–Kier alpha value is -2.65. The van der Waals surface area contributed by atoms with Crippen molar-refractivity contribution in [2.24, 2.45) is 5.14 Å². The van der Waals surface area contributed by atoms with E-state index in [4.69, 9.17) is 9.56 Å². The van der Waals surface area contributed by atoms with Gasteiger partial charge < -0.3 is 14.4 Å². The number of carbonyl (C=O) groups excluding carboxylic acids is 1. The number of benzene rings is 1. The maximum Gasteiger partial charge on any atom is 0.326 e. The van der Waals surface area contributed by atoms with Gasteiger partial charge in [-0.1, -0.05) is 24.3 Å². The first kappa shape index (κ1) is 17.2. The fourth-order valence-corrected chi connectivity index (χ4v) is 3.67. The van der Waals surface area contributed by atoms with Gasteiger partial charge in [-0.25, -0.2) is 18.4 Å². The van der Waals surface area contributed by atoms with Crippen molar-refractivity contribution in [2.45, 2.75) is 30.8 Å². The van der Waals surface area contributed by atoms with Gasteiger partial charge in [-0.15, -0.1) is 0 Å². The molecule has 1 aliphatic rings. The van der Waals surface area contributed by atoms with Crippen LogP contribution in [0.25, 0.3) is 0 Å². The minimum Gasteiger partial charge on any atom is -0.480 e. The molecule has 1 aromatic heterocycles. The lowest BCUT2D eigenvalue weighted by Crippen LogP contribution is -2.48. The molecular weight excluding hydrogens is 348 g/mol. The maximum absolute atomic E-state index is 12.8. The minimum absolute atomic E-state index is 0.0184. The molecule has 0 unspecified atom stereocenters. The van der Waals surface area contributed by atoms with Crippen molar-refractivity contribution in [3.63, 3.8) is 0 Å². The molecular formula is C16H16N2O6S. The number of carbonyl (C=O) groups is 2. The topological polar surface area (TPSA) is 131 Å². The van der Waals surface area contributed by atoms with Crippen LogP contribution < -0.4 is 5.14 Å². The summed E-state index contributed by atoms with van der Waals surface area (Å²) in [4.78, 5) is 25.2. The van der Waals surface area contributed by atoms with E-state index in [1.54, 1.807) is 6.07 Å². The smallest absolute Gasteiger partial charge is 0.326 e. The molecule has 0 aliphatic carbocycles. The standard InChI is InChI=1S/C16H16N2O6S/c1-9-14(25(17,22)23)7-13(24-9)15(19)18-8-11-5-3-2-4-10(11)6-12(18)16(20)21/h2-5,7,12H,6,8H2,1H3,(H,20,21)(H2,17,22,23)/t12-/m1/s1. The van der Waals surface area contributed by atoms with Crippen LogP contribution >= 0.6 is 0 Å². The predicted molar refractivity (Wildman–Crippen MR) is 86.3 cm³/mol. The Kier molecular flexibility index (Phi) is 4.13. The molecule has 2 aromatic rings. The number of rotatable bonds is 3. The van der Waals surface area contributed by atoms with Crippen LogP contribution in [0.5, 0.6) is 0 Å². The molecule has 25 heavy (non-hydrogen) atoms. The lowest BCUT2D eigenvalue weighted by atomic mass is 9.94. The van der Waals surface area contributed by atoms with Crippen LogP contribution in [-0.2, 0) is 27.8 Å². The molecule has 0 spiro atoms. The molecule has 1 atom stereocenters. The molecule has 1 aliphatic heterocycles. The van der Waals surface area contributed by atoms with Crippen LogP contribution in [0.1, 0.15) is 27.4 Å². The number of nitrogens with zero attached hydrogens (tertiary/aromatic N) is 1. The third-order valence-corrected chi connectivity index (χ3v) is 5.20. The first-order chi connectivity index (χ1) is 11.7. The second-order valence-electron chi connectivity index (χ2n) is 5.84. The summed E-state index contributed by atoms with van der Waals surface area (Å²) in [6, 6.07) is 7.22. The Morgan fingerprint density at radius 2 is 1.92 bits per heavy atom. The molecule has 3 rings (SSSR count). The highest BCUT2D eigenvalue weighted by Gasteiger charge is 2.36. The molecule has 1 amide bonds. The van der Waals surface area contributed by atoms with E-state index in [1.165, 1.54) is 6.92 Å². The van der Waals surface area contributed by atoms with Gasteiger partial charge >= 0.3 is 5.97 Å². The van der Waals surface area contributed by atoms with Gasteiger partial charge in [0.05, 0.1) is 0 Å². The van der Waals surface area contributed by atoms with Crippen molar-refractivity contribution in [1.82, 2.24) is 4.90 Å². The molecule has 3 N–H and O–H groups in total. The summed E-state index contributed by atoms with van der Waals surface area (Å²) in [5, 5.41) is 14.6. The summed E-state index contributed by atoms with van der Waals surface area (Å²) in [7, 11) is -4.04. The van der Waals surface area contributed by atoms with E-state index >= 15 is 0 Å². The summed E-state index contributed by atoms with van der Waals surface area (Å²) >= 11 is 0. The Morgan fingerprint density at radius 1 is 1.28 bits per heavy atom. The third-order valence-electron chi connectivity index (χ3n) is 4.18. The lowest BCUT2D eigenvalue weighted by molar-refractivity contribution is -0.142. The number of amides is 1. The number of furan rings is 1. The predicted octanol–water partition coefficient (Wildman–Crippen LogP) is 0.887. The highest BCUT2D eigenvalue weighted by atomic mass is 32.2. The molecule has 9 heteroatoms. The number of aryl methyl sites for hydroxylation is 1. The summed E-state index contributed by atoms with van der Waals surface area (Å²) < 4.78 is 28.2. The molecule has 2 heterocycles. The second-order valence-corrected chi connectivity index (χ2v) is 7.37. The molecule has 132 valence electrons. The SMILES string of the molecule is Cc1oc(C(=O)N2Cc3ccccc3C[C@@H]2C(=O)O)cc1S(N)(=O)=O. The van der Waals surface area contributed by atoms with Gasteiger partial charge in [-0.3, -0.25) is 4.79 Å². The molecule has 0 bridgehead atoms. The fourth-order valence-electron chi connectivity index (χ4n) is 2.95. The third kappa shape index (κ3) is 3.15. The number of primary sulfonamides is 1. The van der Waals surface area contributed by atoms with E-state index < -0.39 is 27.9 Å². The first-order valence-electron chi connectivity index (χ1n) is 7.42. The second kappa shape index (κ2) is 6.01. The number of aliphatic carboxylic acids is 1. The highest BCUT2D eigenvalue weighted by molar-refractivity contribution is 7.89. The Morgan fingerprint density at radius 3 is 2.48 bits per heavy atom. The van der Waals surface area contributed by atoms with Gasteiger partial charge in [0, 0.05) is 19.0 Å². The number of hydrogen-bond acceptors (Lipinski definition) is 5. The zero-order valence-electron chi connectivity index (χ0n) is 13.3. The van der Waals surface area contributed by atoms with Crippen LogP contribution in [-0.4, -0.2) is 36.3 Å². The van der Waals surface area contributed by atoms with Crippen molar-refractivity contribution < 1.29 is 27.5 Å². The average Bonchev–Trinajstić information content (AvgIpc) is 2.95. The number of nitrogens with two attached hydrogens (primary N) is 1. The number of fused-ring (bicyclic) bond motifs is 1. The maximum atomic E-state index is 12.8. The zero-order valence-corrected chi connectivity index (χ0v) is 14.1. The first-order valence-corrected chi connectivity index (χ1v) is 8.97. The van der Waals surface area contributed by atoms with E-state index in [2.05, 4.69) is 0 Å². The van der Waals surface area contributed by atoms with Crippen molar-refractivity contribution >= 4 is 21.9 Å². The summed E-state index contributed by atoms with van der Waals surface area (Å²) in [5.41, 5.74) is 1.70. The van der Waals surface area contributed by atoms with Gasteiger partial charge in [0.2, 0.25) is 10.0 Å². The monoisotopic (exact) mass is 364 g/mol. The van der Waals surface area contributed by atoms with Gasteiger partial charge in [0.25, 0.3) is 5.91 Å². The van der Waals surface area contributed by atoms with Crippen LogP contribution in [0.4, 0.5) is 0 Å². The van der Waals surface area contributed by atoms with E-state index in [9.17, 15) is 23.1 Å². The van der Waals surface area contributed by atoms with E-state index in [1.807, 2.05) is 18.2 Å². The highest BCUT2D eigenvalue weighted by Crippen LogP contribution is 2.27. The largest absolute Gasteiger partial charge is 0.480 e. The lowest BCUT2D eigenvalue weighted by Gasteiger charge is -2.33. The van der Waals surface area contributed by atoms with Crippen LogP contribution in [0.2, 0.25) is 0 Å². The van der Waals surface area contributed by atoms with Crippen LogP contribution in [0.15, 0.2) is 39.6 Å². The summed E-state index contributed by atoms with van der Waals surface area (Å²) in [6.45, 7) is 1.47. The van der Waals surface area contributed by atoms with E-state index in [-0.39, 0.29) is 29.4 Å². The molecule has 8 nitrogen and oxygen atoms in total. The zero-order chi connectivity index (χ0) is 18.4. The molecule has 1 aromatic carbocycles. The van der Waals surface area contributed by atoms with Gasteiger partial charge in [0.15, 0.2) is 5.76 Å². The van der Waals surface area contributed by atoms with Gasteiger partial charge in [-0.2, -0.15) is 0 Å². The van der Waals surface area contributed by atoms with Crippen LogP contribution in [0, 0.1) is 6.92 Å². The Labute approximate surface area is 143 Å². The summed E-state index contributed by atoms with van der Waals surface area (Å²) in [5.74, 6) is -2.11. The fraction of sp³-hybridized carbons (Fsp3) is 0.250. The van der Waals surface area contributed by atoms with E-state index in [0.29, 0.717) is 0 Å². The number of carboxylic acid groups (broad SMARTS) is 1. The average molecular weight is 364 g/mol. The van der Waals surface area contributed by atoms with Crippen LogP contribution in [0.3, 0.4) is 0 Å². The molecule has 0 saturated heterocycles. The van der Waals surface area contributed by atoms with Crippen molar-refractivity contribution in [3.05, 3.63) is 53.0 Å². The molecule has 0 radical (unpaired) electrons. The summed E-state index contributed by atoms with van der Waals surface area (Å²) in [6.07, 6.45) is 0.166. The van der Waals surface area contributed by atoms with E-state index in [0.717, 1.165) is 22.1 Å². The minimum atomic E-state index is -4.04. The Bertz CT molecular complexity index is 963.